The minimum Gasteiger partial charge on any atom is -0.367 e. The van der Waals surface area contributed by atoms with Crippen LogP contribution in [-0.2, 0) is 4.79 Å². The van der Waals surface area contributed by atoms with E-state index in [1.807, 2.05) is 12.1 Å². The Morgan fingerprint density at radius 1 is 1.12 bits per heavy atom. The van der Waals surface area contributed by atoms with E-state index in [1.54, 1.807) is 11.2 Å². The number of para-hydroxylation sites is 1. The molecule has 1 N–H and O–H groups in total. The molecule has 3 saturated heterocycles. The third-order valence-electron chi connectivity index (χ3n) is 5.76. The molecule has 0 bridgehead atoms. The number of nitrogens with zero attached hydrogens (tertiary/aromatic N) is 5. The van der Waals surface area contributed by atoms with Crippen molar-refractivity contribution in [1.82, 2.24) is 24.7 Å². The molecule has 8 nitrogen and oxygen atoms in total. The Hall–Kier alpha value is -2.61. The van der Waals surface area contributed by atoms with Gasteiger partial charge in [-0.05, 0) is 25.0 Å². The number of amides is 3. The van der Waals surface area contributed by atoms with Gasteiger partial charge >= 0.3 is 6.03 Å². The van der Waals surface area contributed by atoms with Gasteiger partial charge in [0.15, 0.2) is 0 Å². The summed E-state index contributed by atoms with van der Waals surface area (Å²) < 4.78 is 0. The zero-order valence-electron chi connectivity index (χ0n) is 14.6. The Balaban J connectivity index is 1.24. The van der Waals surface area contributed by atoms with Gasteiger partial charge in [0.2, 0.25) is 0 Å². The SMILES string of the molecule is O=C1C2CCCN2C(=O)N1CN1CCN(c2cccc3[nH]cnc23)CC1. The lowest BCUT2D eigenvalue weighted by Gasteiger charge is -2.37. The first-order valence-corrected chi connectivity index (χ1v) is 9.24. The zero-order chi connectivity index (χ0) is 17.7. The smallest absolute Gasteiger partial charge is 0.328 e. The van der Waals surface area contributed by atoms with Crippen molar-refractivity contribution in [3.63, 3.8) is 0 Å². The van der Waals surface area contributed by atoms with E-state index >= 15 is 0 Å². The van der Waals surface area contributed by atoms with E-state index in [-0.39, 0.29) is 18.0 Å². The number of carbonyl (C=O) groups excluding carboxylic acids is 2. The number of fused-ring (bicyclic) bond motifs is 2. The number of carbonyl (C=O) groups is 2. The molecule has 1 atom stereocenters. The summed E-state index contributed by atoms with van der Waals surface area (Å²) in [6.45, 7) is 4.48. The third kappa shape index (κ3) is 2.36. The minimum absolute atomic E-state index is 0.0174. The van der Waals surface area contributed by atoms with Crippen LogP contribution < -0.4 is 4.90 Å². The van der Waals surface area contributed by atoms with Gasteiger partial charge in [0.1, 0.15) is 11.6 Å². The fraction of sp³-hybridized carbons (Fsp3) is 0.500. The molecule has 8 heteroatoms. The molecule has 1 aromatic carbocycles. The molecule has 3 amide bonds. The number of hydrogen-bond donors (Lipinski definition) is 1. The number of urea groups is 1. The monoisotopic (exact) mass is 354 g/mol. The number of imide groups is 1. The van der Waals surface area contributed by atoms with Crippen LogP contribution in [-0.4, -0.2) is 82.0 Å². The van der Waals surface area contributed by atoms with Gasteiger partial charge < -0.3 is 14.8 Å². The van der Waals surface area contributed by atoms with Crippen LogP contribution in [0.5, 0.6) is 0 Å². The van der Waals surface area contributed by atoms with Gasteiger partial charge in [-0.2, -0.15) is 0 Å². The second-order valence-electron chi connectivity index (χ2n) is 7.22. The van der Waals surface area contributed by atoms with E-state index in [4.69, 9.17) is 0 Å². The number of aromatic nitrogens is 2. The highest BCUT2D eigenvalue weighted by Gasteiger charge is 2.47. The van der Waals surface area contributed by atoms with Crippen molar-refractivity contribution >= 4 is 28.7 Å². The van der Waals surface area contributed by atoms with Gasteiger partial charge in [-0.25, -0.2) is 14.7 Å². The first-order chi connectivity index (χ1) is 12.7. The summed E-state index contributed by atoms with van der Waals surface area (Å²) in [5.41, 5.74) is 3.17. The normalized spacial score (nSPS) is 24.2. The van der Waals surface area contributed by atoms with Crippen molar-refractivity contribution in [2.24, 2.45) is 0 Å². The highest BCUT2D eigenvalue weighted by molar-refractivity contribution is 6.04. The molecule has 0 radical (unpaired) electrons. The molecule has 0 saturated carbocycles. The first-order valence-electron chi connectivity index (χ1n) is 9.24. The van der Waals surface area contributed by atoms with E-state index in [1.165, 1.54) is 4.90 Å². The predicted molar refractivity (Wildman–Crippen MR) is 96.7 cm³/mol. The molecule has 3 aliphatic heterocycles. The molecule has 3 fully saturated rings. The van der Waals surface area contributed by atoms with Crippen LogP contribution in [0.25, 0.3) is 11.0 Å². The number of imidazole rings is 1. The lowest BCUT2D eigenvalue weighted by molar-refractivity contribution is -0.129. The van der Waals surface area contributed by atoms with Crippen LogP contribution in [0.2, 0.25) is 0 Å². The van der Waals surface area contributed by atoms with E-state index in [9.17, 15) is 9.59 Å². The molecule has 1 unspecified atom stereocenters. The minimum atomic E-state index is -0.207. The molecule has 4 heterocycles. The molecule has 136 valence electrons. The zero-order valence-corrected chi connectivity index (χ0v) is 14.6. The Kier molecular flexibility index (Phi) is 3.59. The summed E-state index contributed by atoms with van der Waals surface area (Å²) in [5.74, 6) is -0.0174. The van der Waals surface area contributed by atoms with Gasteiger partial charge in [0.25, 0.3) is 5.91 Å². The maximum atomic E-state index is 12.5. The van der Waals surface area contributed by atoms with Crippen LogP contribution in [0.4, 0.5) is 10.5 Å². The van der Waals surface area contributed by atoms with Crippen molar-refractivity contribution in [2.75, 3.05) is 44.3 Å². The molecular weight excluding hydrogens is 332 g/mol. The van der Waals surface area contributed by atoms with Gasteiger partial charge in [-0.15, -0.1) is 0 Å². The maximum absolute atomic E-state index is 12.5. The molecule has 0 aliphatic carbocycles. The average molecular weight is 354 g/mol. The van der Waals surface area contributed by atoms with Crippen LogP contribution in [0, 0.1) is 0 Å². The summed E-state index contributed by atoms with van der Waals surface area (Å²) in [5, 5.41) is 0. The lowest BCUT2D eigenvalue weighted by Crippen LogP contribution is -2.51. The number of piperazine rings is 1. The Labute approximate surface area is 151 Å². The van der Waals surface area contributed by atoms with Crippen molar-refractivity contribution in [3.05, 3.63) is 24.5 Å². The highest BCUT2D eigenvalue weighted by atomic mass is 16.2. The molecule has 3 aliphatic rings. The number of H-pyrrole nitrogens is 1. The number of rotatable bonds is 3. The summed E-state index contributed by atoms with van der Waals surface area (Å²) >= 11 is 0. The summed E-state index contributed by atoms with van der Waals surface area (Å²) in [4.78, 5) is 40.2. The van der Waals surface area contributed by atoms with Crippen molar-refractivity contribution in [3.8, 4) is 0 Å². The van der Waals surface area contributed by atoms with Crippen molar-refractivity contribution < 1.29 is 9.59 Å². The Morgan fingerprint density at radius 3 is 2.77 bits per heavy atom. The summed E-state index contributed by atoms with van der Waals surface area (Å²) in [7, 11) is 0. The number of benzene rings is 1. The van der Waals surface area contributed by atoms with E-state index in [0.717, 1.165) is 55.7 Å². The number of hydrogen-bond acceptors (Lipinski definition) is 5. The second-order valence-corrected chi connectivity index (χ2v) is 7.22. The fourth-order valence-electron chi connectivity index (χ4n) is 4.35. The Bertz CT molecular complexity index is 834. The number of nitrogens with one attached hydrogen (secondary N) is 1. The second kappa shape index (κ2) is 5.98. The van der Waals surface area contributed by atoms with E-state index < -0.39 is 0 Å². The molecule has 1 aromatic heterocycles. The first kappa shape index (κ1) is 15.6. The van der Waals surface area contributed by atoms with Gasteiger partial charge in [0, 0.05) is 32.7 Å². The van der Waals surface area contributed by atoms with Gasteiger partial charge in [-0.1, -0.05) is 6.07 Å². The average Bonchev–Trinajstić information content (AvgIpc) is 3.38. The van der Waals surface area contributed by atoms with Crippen LogP contribution in [0.3, 0.4) is 0 Å². The van der Waals surface area contributed by atoms with Crippen molar-refractivity contribution in [2.45, 2.75) is 18.9 Å². The lowest BCUT2D eigenvalue weighted by atomic mass is 10.2. The van der Waals surface area contributed by atoms with Crippen molar-refractivity contribution in [1.29, 1.82) is 0 Å². The van der Waals surface area contributed by atoms with Crippen LogP contribution in [0.15, 0.2) is 24.5 Å². The number of aromatic amines is 1. The van der Waals surface area contributed by atoms with Crippen LogP contribution >= 0.6 is 0 Å². The topological polar surface area (TPSA) is 75.8 Å². The van der Waals surface area contributed by atoms with Crippen LogP contribution in [0.1, 0.15) is 12.8 Å². The molecule has 26 heavy (non-hydrogen) atoms. The fourth-order valence-corrected chi connectivity index (χ4v) is 4.35. The maximum Gasteiger partial charge on any atom is 0.328 e. The molecule has 5 rings (SSSR count). The standard InChI is InChI=1S/C18H22N6O2/c25-17-15-5-2-6-23(15)18(26)24(17)12-21-7-9-22(10-8-21)14-4-1-3-13-16(14)20-11-19-13/h1,3-4,11,15H,2,5-10,12H2,(H,19,20). The summed E-state index contributed by atoms with van der Waals surface area (Å²) in [6, 6.07) is 5.85. The molecular formula is C18H22N6O2. The van der Waals surface area contributed by atoms with E-state index in [0.29, 0.717) is 13.2 Å². The van der Waals surface area contributed by atoms with E-state index in [2.05, 4.69) is 25.8 Å². The highest BCUT2D eigenvalue weighted by Crippen LogP contribution is 2.28. The quantitative estimate of drug-likeness (QED) is 0.835. The summed E-state index contributed by atoms with van der Waals surface area (Å²) in [6.07, 6.45) is 3.47. The van der Waals surface area contributed by atoms with Gasteiger partial charge in [0.05, 0.1) is 24.2 Å². The largest absolute Gasteiger partial charge is 0.367 e. The predicted octanol–water partition coefficient (Wildman–Crippen LogP) is 1.07. The Morgan fingerprint density at radius 2 is 1.96 bits per heavy atom. The third-order valence-corrected chi connectivity index (χ3v) is 5.76. The van der Waals surface area contributed by atoms with Gasteiger partial charge in [-0.3, -0.25) is 9.69 Å². The molecule has 2 aromatic rings. The molecule has 0 spiro atoms. The number of anilines is 1.